The molecular weight excluding hydrogens is 230 g/mol. The summed E-state index contributed by atoms with van der Waals surface area (Å²) in [5.41, 5.74) is -0.130. The van der Waals surface area contributed by atoms with Gasteiger partial charge in [-0.3, -0.25) is 0 Å². The van der Waals surface area contributed by atoms with Gasteiger partial charge in [0.25, 0.3) is 0 Å². The number of hydrogen-bond acceptors (Lipinski definition) is 4. The van der Waals surface area contributed by atoms with Crippen LogP contribution in [-0.2, 0) is 14.3 Å². The SMILES string of the molecule is C=CC[C@]1(C(=O)OC)COC(c2ccccc2)=N1. The molecule has 0 N–H and O–H groups in total. The Kier molecular flexibility index (Phi) is 3.46. The molecular formula is C14H15NO3. The fraction of sp³-hybridized carbons (Fsp3) is 0.286. The molecule has 0 bridgehead atoms. The molecule has 1 atom stereocenters. The van der Waals surface area contributed by atoms with Crippen molar-refractivity contribution in [3.05, 3.63) is 48.6 Å². The Morgan fingerprint density at radius 3 is 2.89 bits per heavy atom. The van der Waals surface area contributed by atoms with Crippen molar-refractivity contribution in [2.24, 2.45) is 4.99 Å². The monoisotopic (exact) mass is 245 g/mol. The van der Waals surface area contributed by atoms with E-state index >= 15 is 0 Å². The molecule has 0 fully saturated rings. The first-order valence-corrected chi connectivity index (χ1v) is 5.69. The zero-order valence-corrected chi connectivity index (χ0v) is 10.3. The van der Waals surface area contributed by atoms with E-state index in [1.165, 1.54) is 7.11 Å². The number of carbonyl (C=O) groups excluding carboxylic acids is 1. The Bertz CT molecular complexity index is 481. The van der Waals surface area contributed by atoms with Crippen LogP contribution in [0.15, 0.2) is 48.0 Å². The molecule has 18 heavy (non-hydrogen) atoms. The van der Waals surface area contributed by atoms with E-state index < -0.39 is 11.5 Å². The highest BCUT2D eigenvalue weighted by molar-refractivity contribution is 5.99. The minimum atomic E-state index is -0.984. The maximum atomic E-state index is 11.8. The average Bonchev–Trinajstić information content (AvgIpc) is 2.85. The van der Waals surface area contributed by atoms with Crippen molar-refractivity contribution in [3.63, 3.8) is 0 Å². The fourth-order valence-electron chi connectivity index (χ4n) is 1.90. The van der Waals surface area contributed by atoms with Gasteiger partial charge in [0.05, 0.1) is 7.11 Å². The third-order valence-corrected chi connectivity index (χ3v) is 2.83. The lowest BCUT2D eigenvalue weighted by Gasteiger charge is -2.18. The summed E-state index contributed by atoms with van der Waals surface area (Å²) in [4.78, 5) is 16.2. The van der Waals surface area contributed by atoms with Crippen LogP contribution in [0, 0.1) is 0 Å². The summed E-state index contributed by atoms with van der Waals surface area (Å²) >= 11 is 0. The Morgan fingerprint density at radius 2 is 2.28 bits per heavy atom. The number of nitrogens with zero attached hydrogens (tertiary/aromatic N) is 1. The van der Waals surface area contributed by atoms with Crippen molar-refractivity contribution in [2.75, 3.05) is 13.7 Å². The number of carbonyl (C=O) groups is 1. The van der Waals surface area contributed by atoms with Crippen LogP contribution in [0.2, 0.25) is 0 Å². The minimum Gasteiger partial charge on any atom is -0.474 e. The van der Waals surface area contributed by atoms with Crippen molar-refractivity contribution in [2.45, 2.75) is 12.0 Å². The molecule has 4 nitrogen and oxygen atoms in total. The largest absolute Gasteiger partial charge is 0.474 e. The van der Waals surface area contributed by atoms with Crippen molar-refractivity contribution in [1.29, 1.82) is 0 Å². The van der Waals surface area contributed by atoms with E-state index in [4.69, 9.17) is 9.47 Å². The van der Waals surface area contributed by atoms with Gasteiger partial charge in [-0.2, -0.15) is 0 Å². The number of aliphatic imine (C=N–C) groups is 1. The van der Waals surface area contributed by atoms with Crippen LogP contribution >= 0.6 is 0 Å². The number of methoxy groups -OCH3 is 1. The van der Waals surface area contributed by atoms with E-state index in [0.29, 0.717) is 12.3 Å². The van der Waals surface area contributed by atoms with Crippen molar-refractivity contribution in [1.82, 2.24) is 0 Å². The number of rotatable bonds is 4. The summed E-state index contributed by atoms with van der Waals surface area (Å²) in [6, 6.07) is 9.48. The van der Waals surface area contributed by atoms with Gasteiger partial charge in [0, 0.05) is 12.0 Å². The van der Waals surface area contributed by atoms with Crippen molar-refractivity contribution >= 4 is 11.9 Å². The standard InChI is InChI=1S/C14H15NO3/c1-3-9-14(13(16)17-2)10-18-12(15-14)11-7-5-4-6-8-11/h3-8H,1,9-10H2,2H3/t14-/m1/s1. The summed E-state index contributed by atoms with van der Waals surface area (Å²) in [6.45, 7) is 3.84. The van der Waals surface area contributed by atoms with Gasteiger partial charge in [-0.1, -0.05) is 24.3 Å². The summed E-state index contributed by atoms with van der Waals surface area (Å²) < 4.78 is 10.3. The second-order valence-electron chi connectivity index (χ2n) is 4.09. The number of ether oxygens (including phenoxy) is 2. The molecule has 0 amide bonds. The summed E-state index contributed by atoms with van der Waals surface area (Å²) in [7, 11) is 1.35. The molecule has 0 radical (unpaired) electrons. The fourth-order valence-corrected chi connectivity index (χ4v) is 1.90. The Balaban J connectivity index is 2.34. The van der Waals surface area contributed by atoms with E-state index in [9.17, 15) is 4.79 Å². The van der Waals surface area contributed by atoms with Gasteiger partial charge < -0.3 is 9.47 Å². The van der Waals surface area contributed by atoms with Crippen LogP contribution in [-0.4, -0.2) is 31.1 Å². The minimum absolute atomic E-state index is 0.190. The molecule has 0 aromatic heterocycles. The van der Waals surface area contributed by atoms with Crippen LogP contribution in [0.3, 0.4) is 0 Å². The summed E-state index contributed by atoms with van der Waals surface area (Å²) in [5, 5.41) is 0. The normalized spacial score (nSPS) is 21.9. The molecule has 1 aromatic carbocycles. The molecule has 0 saturated carbocycles. The highest BCUT2D eigenvalue weighted by Crippen LogP contribution is 2.27. The Morgan fingerprint density at radius 1 is 1.56 bits per heavy atom. The van der Waals surface area contributed by atoms with E-state index in [2.05, 4.69) is 11.6 Å². The lowest BCUT2D eigenvalue weighted by atomic mass is 9.98. The van der Waals surface area contributed by atoms with Gasteiger partial charge in [0.1, 0.15) is 6.61 Å². The van der Waals surface area contributed by atoms with Crippen LogP contribution in [0.5, 0.6) is 0 Å². The zero-order valence-electron chi connectivity index (χ0n) is 10.3. The highest BCUT2D eigenvalue weighted by atomic mass is 16.5. The quantitative estimate of drug-likeness (QED) is 0.601. The van der Waals surface area contributed by atoms with Gasteiger partial charge >= 0.3 is 5.97 Å². The lowest BCUT2D eigenvalue weighted by molar-refractivity contribution is -0.147. The van der Waals surface area contributed by atoms with Crippen LogP contribution in [0.4, 0.5) is 0 Å². The number of benzene rings is 1. The maximum Gasteiger partial charge on any atom is 0.337 e. The van der Waals surface area contributed by atoms with Gasteiger partial charge in [-0.05, 0) is 12.1 Å². The lowest BCUT2D eigenvalue weighted by Crippen LogP contribution is -2.38. The molecule has 0 unspecified atom stereocenters. The maximum absolute atomic E-state index is 11.8. The predicted octanol–water partition coefficient (Wildman–Crippen LogP) is 1.95. The first kappa shape index (κ1) is 12.4. The predicted molar refractivity (Wildman–Crippen MR) is 68.5 cm³/mol. The molecule has 94 valence electrons. The second-order valence-corrected chi connectivity index (χ2v) is 4.09. The molecule has 1 aromatic rings. The van der Waals surface area contributed by atoms with Gasteiger partial charge in [0.15, 0.2) is 5.54 Å². The van der Waals surface area contributed by atoms with Gasteiger partial charge in [-0.25, -0.2) is 9.79 Å². The van der Waals surface area contributed by atoms with Crippen molar-refractivity contribution < 1.29 is 14.3 Å². The zero-order chi connectivity index (χ0) is 13.0. The van der Waals surface area contributed by atoms with E-state index in [-0.39, 0.29) is 6.61 Å². The molecule has 0 aliphatic carbocycles. The highest BCUT2D eigenvalue weighted by Gasteiger charge is 2.44. The Labute approximate surface area is 106 Å². The number of esters is 1. The van der Waals surface area contributed by atoms with Crippen LogP contribution in [0.1, 0.15) is 12.0 Å². The Hall–Kier alpha value is -2.10. The van der Waals surface area contributed by atoms with Crippen molar-refractivity contribution in [3.8, 4) is 0 Å². The molecule has 1 aliphatic heterocycles. The third-order valence-electron chi connectivity index (χ3n) is 2.83. The van der Waals surface area contributed by atoms with Crippen LogP contribution < -0.4 is 0 Å². The number of hydrogen-bond donors (Lipinski definition) is 0. The van der Waals surface area contributed by atoms with E-state index in [0.717, 1.165) is 5.56 Å². The molecule has 0 spiro atoms. The topological polar surface area (TPSA) is 47.9 Å². The molecule has 1 heterocycles. The van der Waals surface area contributed by atoms with E-state index in [1.807, 2.05) is 30.3 Å². The summed E-state index contributed by atoms with van der Waals surface area (Å²) in [6.07, 6.45) is 2.05. The second kappa shape index (κ2) is 5.04. The van der Waals surface area contributed by atoms with E-state index in [1.54, 1.807) is 6.08 Å². The van der Waals surface area contributed by atoms with Gasteiger partial charge in [-0.15, -0.1) is 6.58 Å². The summed E-state index contributed by atoms with van der Waals surface area (Å²) in [5.74, 6) is 0.0798. The smallest absolute Gasteiger partial charge is 0.337 e. The average molecular weight is 245 g/mol. The molecule has 0 saturated heterocycles. The van der Waals surface area contributed by atoms with Gasteiger partial charge in [0.2, 0.25) is 5.90 Å². The molecule has 2 rings (SSSR count). The molecule has 4 heteroatoms. The first-order valence-electron chi connectivity index (χ1n) is 5.69. The first-order chi connectivity index (χ1) is 8.72. The molecule has 1 aliphatic rings. The van der Waals surface area contributed by atoms with Crippen LogP contribution in [0.25, 0.3) is 0 Å². The third kappa shape index (κ3) is 2.14.